The number of nitrogens with one attached hydrogen (secondary N) is 2. The maximum Gasteiger partial charge on any atom is 0.353 e. The van der Waals surface area contributed by atoms with Crippen molar-refractivity contribution < 1.29 is 13.7 Å². The molecule has 0 spiro atoms. The molecule has 0 radical (unpaired) electrons. The molecule has 9 heteroatoms. The van der Waals surface area contributed by atoms with Crippen molar-refractivity contribution in [3.05, 3.63) is 46.3 Å². The lowest BCUT2D eigenvalue weighted by Crippen LogP contribution is -2.17. The normalized spacial score (nSPS) is 14.6. The van der Waals surface area contributed by atoms with Crippen molar-refractivity contribution in [3.63, 3.8) is 0 Å². The summed E-state index contributed by atoms with van der Waals surface area (Å²) in [6.07, 6.45) is 5.10. The van der Waals surface area contributed by atoms with Gasteiger partial charge in [-0.05, 0) is 25.0 Å². The summed E-state index contributed by atoms with van der Waals surface area (Å²) >= 11 is 0. The first-order valence-corrected chi connectivity index (χ1v) is 7.52. The number of rotatable bonds is 5. The molecular formula is C15H15F2N5O2. The van der Waals surface area contributed by atoms with Gasteiger partial charge in [0.2, 0.25) is 11.6 Å². The zero-order valence-corrected chi connectivity index (χ0v) is 12.6. The lowest BCUT2D eigenvalue weighted by Gasteiger charge is -2.14. The fourth-order valence-corrected chi connectivity index (χ4v) is 2.73. The van der Waals surface area contributed by atoms with E-state index in [4.69, 9.17) is 0 Å². The summed E-state index contributed by atoms with van der Waals surface area (Å²) in [4.78, 5) is 18.6. The minimum absolute atomic E-state index is 0.0897. The van der Waals surface area contributed by atoms with Crippen LogP contribution < -0.4 is 10.6 Å². The molecule has 0 amide bonds. The van der Waals surface area contributed by atoms with Gasteiger partial charge in [0.15, 0.2) is 0 Å². The molecule has 0 saturated heterocycles. The highest BCUT2D eigenvalue weighted by Crippen LogP contribution is 2.33. The van der Waals surface area contributed by atoms with Crippen molar-refractivity contribution in [1.29, 1.82) is 0 Å². The van der Waals surface area contributed by atoms with Gasteiger partial charge in [-0.25, -0.2) is 18.7 Å². The molecular weight excluding hydrogens is 320 g/mol. The third-order valence-electron chi connectivity index (χ3n) is 3.89. The Bertz CT molecular complexity index is 766. The van der Waals surface area contributed by atoms with Crippen molar-refractivity contribution in [2.75, 3.05) is 10.6 Å². The highest BCUT2D eigenvalue weighted by molar-refractivity contribution is 5.74. The molecule has 0 unspecified atom stereocenters. The number of benzene rings is 1. The van der Waals surface area contributed by atoms with E-state index >= 15 is 0 Å². The highest BCUT2D eigenvalue weighted by Gasteiger charge is 2.26. The zero-order valence-electron chi connectivity index (χ0n) is 12.6. The van der Waals surface area contributed by atoms with E-state index in [1.165, 1.54) is 0 Å². The van der Waals surface area contributed by atoms with Crippen molar-refractivity contribution >= 4 is 23.0 Å². The predicted octanol–water partition coefficient (Wildman–Crippen LogP) is 3.76. The fraction of sp³-hybridized carbons (Fsp3) is 0.333. The Balaban J connectivity index is 1.93. The molecule has 126 valence electrons. The van der Waals surface area contributed by atoms with Crippen LogP contribution in [0, 0.1) is 21.7 Å². The van der Waals surface area contributed by atoms with Gasteiger partial charge in [-0.2, -0.15) is 0 Å². The first-order chi connectivity index (χ1) is 11.5. The molecule has 7 nitrogen and oxygen atoms in total. The lowest BCUT2D eigenvalue weighted by atomic mass is 10.2. The maximum atomic E-state index is 13.8. The monoisotopic (exact) mass is 335 g/mol. The number of nitro groups is 1. The molecule has 1 heterocycles. The average molecular weight is 335 g/mol. The van der Waals surface area contributed by atoms with Crippen LogP contribution in [0.25, 0.3) is 0 Å². The Morgan fingerprint density at radius 3 is 2.54 bits per heavy atom. The topological polar surface area (TPSA) is 93.0 Å². The van der Waals surface area contributed by atoms with Gasteiger partial charge < -0.3 is 10.6 Å². The van der Waals surface area contributed by atoms with E-state index < -0.39 is 16.6 Å². The number of hydrogen-bond donors (Lipinski definition) is 2. The zero-order chi connectivity index (χ0) is 17.1. The smallest absolute Gasteiger partial charge is 0.353 e. The van der Waals surface area contributed by atoms with Crippen molar-refractivity contribution in [3.8, 4) is 0 Å². The van der Waals surface area contributed by atoms with Gasteiger partial charge in [0.25, 0.3) is 0 Å². The Morgan fingerprint density at radius 1 is 1.17 bits per heavy atom. The Morgan fingerprint density at radius 2 is 1.88 bits per heavy atom. The van der Waals surface area contributed by atoms with Crippen molar-refractivity contribution in [2.45, 2.75) is 31.7 Å². The van der Waals surface area contributed by atoms with E-state index in [2.05, 4.69) is 20.6 Å². The second-order valence-corrected chi connectivity index (χ2v) is 5.55. The molecule has 3 rings (SSSR count). The number of hydrogen-bond acceptors (Lipinski definition) is 6. The number of aromatic nitrogens is 2. The van der Waals surface area contributed by atoms with Gasteiger partial charge in [0, 0.05) is 12.1 Å². The van der Waals surface area contributed by atoms with Gasteiger partial charge in [0.05, 0.1) is 10.6 Å². The summed E-state index contributed by atoms with van der Waals surface area (Å²) in [7, 11) is 0. The molecule has 2 N–H and O–H groups in total. The Kier molecular flexibility index (Phi) is 4.50. The van der Waals surface area contributed by atoms with Crippen LogP contribution in [0.2, 0.25) is 0 Å². The number of halogens is 2. The summed E-state index contributed by atoms with van der Waals surface area (Å²) in [5.74, 6) is -1.67. The minimum atomic E-state index is -0.867. The van der Waals surface area contributed by atoms with Crippen LogP contribution in [0.4, 0.5) is 31.8 Å². The Labute approximate surface area is 136 Å². The average Bonchev–Trinajstić information content (AvgIpc) is 3.03. The van der Waals surface area contributed by atoms with E-state index in [1.54, 1.807) is 0 Å². The molecule has 1 aromatic heterocycles. The molecule has 1 aliphatic carbocycles. The van der Waals surface area contributed by atoms with Crippen molar-refractivity contribution in [1.82, 2.24) is 9.97 Å². The SMILES string of the molecule is O=[N+]([O-])c1c(Nc2ccc(F)cc2F)ncnc1NC1CCCC1. The second-order valence-electron chi connectivity index (χ2n) is 5.55. The van der Waals surface area contributed by atoms with E-state index in [9.17, 15) is 18.9 Å². The quantitative estimate of drug-likeness (QED) is 0.638. The predicted molar refractivity (Wildman–Crippen MR) is 84.2 cm³/mol. The molecule has 1 saturated carbocycles. The van der Waals surface area contributed by atoms with Crippen LogP contribution in [0.15, 0.2) is 24.5 Å². The summed E-state index contributed by atoms with van der Waals surface area (Å²) < 4.78 is 26.7. The van der Waals surface area contributed by atoms with Crippen molar-refractivity contribution in [2.24, 2.45) is 0 Å². The summed E-state index contributed by atoms with van der Waals surface area (Å²) in [6.45, 7) is 0. The van der Waals surface area contributed by atoms with Crippen LogP contribution in [0.1, 0.15) is 25.7 Å². The molecule has 1 fully saturated rings. The fourth-order valence-electron chi connectivity index (χ4n) is 2.73. The van der Waals surface area contributed by atoms with E-state index in [0.29, 0.717) is 6.07 Å². The van der Waals surface area contributed by atoms with Gasteiger partial charge >= 0.3 is 5.69 Å². The van der Waals surface area contributed by atoms with Gasteiger partial charge in [-0.3, -0.25) is 10.1 Å². The van der Waals surface area contributed by atoms with Crippen LogP contribution in [0.5, 0.6) is 0 Å². The van der Waals surface area contributed by atoms with E-state index in [0.717, 1.165) is 44.1 Å². The van der Waals surface area contributed by atoms with Crippen LogP contribution in [-0.4, -0.2) is 20.9 Å². The Hall–Kier alpha value is -2.84. The third-order valence-corrected chi connectivity index (χ3v) is 3.89. The molecule has 1 aliphatic rings. The standard InChI is InChI=1S/C15H15F2N5O2/c16-9-5-6-12(11(17)7-9)21-15-13(22(23)24)14(18-8-19-15)20-10-3-1-2-4-10/h5-8,10H,1-4H2,(H2,18,19,20,21). The minimum Gasteiger partial charge on any atom is -0.361 e. The van der Waals surface area contributed by atoms with Crippen LogP contribution >= 0.6 is 0 Å². The maximum absolute atomic E-state index is 13.8. The molecule has 0 aliphatic heterocycles. The van der Waals surface area contributed by atoms with Gasteiger partial charge in [-0.1, -0.05) is 12.8 Å². The highest BCUT2D eigenvalue weighted by atomic mass is 19.1. The third kappa shape index (κ3) is 3.39. The van der Waals surface area contributed by atoms with Gasteiger partial charge in [-0.15, -0.1) is 0 Å². The number of anilines is 3. The largest absolute Gasteiger partial charge is 0.361 e. The molecule has 0 atom stereocenters. The lowest BCUT2D eigenvalue weighted by molar-refractivity contribution is -0.383. The van der Waals surface area contributed by atoms with Crippen LogP contribution in [-0.2, 0) is 0 Å². The summed E-state index contributed by atoms with van der Waals surface area (Å²) in [6, 6.07) is 3.01. The molecule has 0 bridgehead atoms. The van der Waals surface area contributed by atoms with E-state index in [1.807, 2.05) is 0 Å². The second kappa shape index (κ2) is 6.73. The van der Waals surface area contributed by atoms with E-state index in [-0.39, 0.29) is 29.1 Å². The number of nitrogens with zero attached hydrogens (tertiary/aromatic N) is 3. The molecule has 1 aromatic carbocycles. The first-order valence-electron chi connectivity index (χ1n) is 7.52. The van der Waals surface area contributed by atoms with Gasteiger partial charge in [0.1, 0.15) is 18.0 Å². The summed E-state index contributed by atoms with van der Waals surface area (Å²) in [5, 5.41) is 17.0. The molecule has 2 aromatic rings. The summed E-state index contributed by atoms with van der Waals surface area (Å²) in [5.41, 5.74) is -0.474. The first kappa shape index (κ1) is 16.0. The van der Waals surface area contributed by atoms with Crippen LogP contribution in [0.3, 0.4) is 0 Å². The molecule has 24 heavy (non-hydrogen) atoms.